The fourth-order valence-electron chi connectivity index (χ4n) is 3.77. The molecule has 2 aromatic rings. The van der Waals surface area contributed by atoms with Gasteiger partial charge in [0.25, 0.3) is 5.91 Å². The van der Waals surface area contributed by atoms with Crippen molar-refractivity contribution in [2.24, 2.45) is 0 Å². The van der Waals surface area contributed by atoms with E-state index in [1.54, 1.807) is 24.3 Å². The first-order valence-corrected chi connectivity index (χ1v) is 10.3. The number of piperidine rings is 1. The first kappa shape index (κ1) is 20.9. The van der Waals surface area contributed by atoms with E-state index in [1.807, 2.05) is 19.1 Å². The third-order valence-corrected chi connectivity index (χ3v) is 5.88. The van der Waals surface area contributed by atoms with Crippen molar-refractivity contribution in [1.82, 2.24) is 15.5 Å². The highest BCUT2D eigenvalue weighted by molar-refractivity contribution is 6.31. The summed E-state index contributed by atoms with van der Waals surface area (Å²) in [6.07, 6.45) is 0.537. The average Bonchev–Trinajstić information content (AvgIpc) is 3.05. The normalized spacial score (nSPS) is 17.9. The van der Waals surface area contributed by atoms with Crippen LogP contribution in [0.25, 0.3) is 0 Å². The minimum absolute atomic E-state index is 0.215. The molecule has 0 saturated carbocycles. The van der Waals surface area contributed by atoms with Gasteiger partial charge in [-0.05, 0) is 48.2 Å². The van der Waals surface area contributed by atoms with E-state index in [-0.39, 0.29) is 30.8 Å². The number of halogens is 1. The maximum absolute atomic E-state index is 12.7. The number of fused-ring (bicyclic) bond motifs is 1. The Morgan fingerprint density at radius 1 is 1.19 bits per heavy atom. The van der Waals surface area contributed by atoms with E-state index in [1.165, 1.54) is 4.90 Å². The Labute approximate surface area is 183 Å². The number of carbonyl (C=O) groups is 4. The Kier molecular flexibility index (Phi) is 5.65. The Morgan fingerprint density at radius 3 is 2.74 bits per heavy atom. The van der Waals surface area contributed by atoms with Gasteiger partial charge in [0.2, 0.25) is 11.8 Å². The van der Waals surface area contributed by atoms with Crippen molar-refractivity contribution in [2.45, 2.75) is 38.9 Å². The summed E-state index contributed by atoms with van der Waals surface area (Å²) in [5.41, 5.74) is 3.67. The van der Waals surface area contributed by atoms with Crippen LogP contribution in [0.15, 0.2) is 36.4 Å². The molecule has 2 aliphatic heterocycles. The number of aryl methyl sites for hydroxylation is 1. The summed E-state index contributed by atoms with van der Waals surface area (Å²) < 4.78 is 0. The lowest BCUT2D eigenvalue weighted by Gasteiger charge is -2.29. The zero-order chi connectivity index (χ0) is 22.1. The largest absolute Gasteiger partial charge is 0.334 e. The molecule has 1 saturated heterocycles. The van der Waals surface area contributed by atoms with E-state index >= 15 is 0 Å². The summed E-state index contributed by atoms with van der Waals surface area (Å²) in [4.78, 5) is 49.9. The number of carbonyl (C=O) groups excluding carboxylic acids is 4. The lowest BCUT2D eigenvalue weighted by molar-refractivity contribution is -0.136. The van der Waals surface area contributed by atoms with E-state index in [4.69, 9.17) is 11.6 Å². The second kappa shape index (κ2) is 8.39. The second-order valence-electron chi connectivity index (χ2n) is 7.66. The zero-order valence-electron chi connectivity index (χ0n) is 16.8. The number of nitrogens with one attached hydrogen (secondary N) is 3. The Hall–Kier alpha value is -3.39. The number of hydrogen-bond donors (Lipinski definition) is 3. The van der Waals surface area contributed by atoms with E-state index in [2.05, 4.69) is 16.0 Å². The summed E-state index contributed by atoms with van der Waals surface area (Å²) in [6, 6.07) is 9.58. The van der Waals surface area contributed by atoms with Gasteiger partial charge in [-0.1, -0.05) is 29.8 Å². The maximum atomic E-state index is 12.7. The molecule has 0 aliphatic carbocycles. The quantitative estimate of drug-likeness (QED) is 0.635. The standard InChI is InChI=1S/C22H21ClN4O4/c1-12-2-4-15(9-17(12)23)25-22(31)24-10-13-3-5-16-14(8-13)11-27(21(16)30)18-6-7-19(28)26-20(18)29/h2-5,8-9,18H,6-7,10-11H2,1H3,(H2,24,25,31)(H,26,28,29)/t18-/m1/s1. The van der Waals surface area contributed by atoms with Crippen LogP contribution in [-0.2, 0) is 22.7 Å². The van der Waals surface area contributed by atoms with E-state index in [0.29, 0.717) is 29.2 Å². The molecule has 3 N–H and O–H groups in total. The van der Waals surface area contributed by atoms with Crippen LogP contribution in [0.1, 0.15) is 39.9 Å². The number of urea groups is 1. The van der Waals surface area contributed by atoms with Gasteiger partial charge < -0.3 is 15.5 Å². The van der Waals surface area contributed by atoms with Gasteiger partial charge in [0.15, 0.2) is 0 Å². The smallest absolute Gasteiger partial charge is 0.319 e. The highest BCUT2D eigenvalue weighted by Crippen LogP contribution is 2.28. The second-order valence-corrected chi connectivity index (χ2v) is 8.07. The predicted molar refractivity (Wildman–Crippen MR) is 115 cm³/mol. The monoisotopic (exact) mass is 440 g/mol. The van der Waals surface area contributed by atoms with Gasteiger partial charge in [-0.2, -0.15) is 0 Å². The summed E-state index contributed by atoms with van der Waals surface area (Å²) in [5.74, 6) is -0.977. The van der Waals surface area contributed by atoms with Crippen molar-refractivity contribution in [3.05, 3.63) is 63.7 Å². The molecule has 1 fully saturated rings. The van der Waals surface area contributed by atoms with Crippen molar-refractivity contribution in [3.63, 3.8) is 0 Å². The van der Waals surface area contributed by atoms with Gasteiger partial charge in [0, 0.05) is 35.8 Å². The van der Waals surface area contributed by atoms with E-state index in [9.17, 15) is 19.2 Å². The van der Waals surface area contributed by atoms with Crippen molar-refractivity contribution in [1.29, 1.82) is 0 Å². The third kappa shape index (κ3) is 4.39. The molecule has 0 aromatic heterocycles. The maximum Gasteiger partial charge on any atom is 0.319 e. The topological polar surface area (TPSA) is 108 Å². The van der Waals surface area contributed by atoms with Crippen LogP contribution < -0.4 is 16.0 Å². The molecule has 0 spiro atoms. The third-order valence-electron chi connectivity index (χ3n) is 5.47. The van der Waals surface area contributed by atoms with E-state index < -0.39 is 11.9 Å². The molecule has 2 aliphatic rings. The van der Waals surface area contributed by atoms with Crippen LogP contribution >= 0.6 is 11.6 Å². The van der Waals surface area contributed by atoms with Crippen molar-refractivity contribution in [3.8, 4) is 0 Å². The Balaban J connectivity index is 1.38. The van der Waals surface area contributed by atoms with E-state index in [0.717, 1.165) is 16.7 Å². The molecule has 0 radical (unpaired) electrons. The number of anilines is 1. The number of benzene rings is 2. The molecule has 8 nitrogen and oxygen atoms in total. The zero-order valence-corrected chi connectivity index (χ0v) is 17.6. The fraction of sp³-hybridized carbons (Fsp3) is 0.273. The number of rotatable bonds is 4. The number of hydrogen-bond acceptors (Lipinski definition) is 4. The molecule has 2 aromatic carbocycles. The highest BCUT2D eigenvalue weighted by atomic mass is 35.5. The van der Waals surface area contributed by atoms with Gasteiger partial charge >= 0.3 is 6.03 Å². The summed E-state index contributed by atoms with van der Waals surface area (Å²) >= 11 is 6.08. The van der Waals surface area contributed by atoms with Crippen LogP contribution in [0.2, 0.25) is 5.02 Å². The SMILES string of the molecule is Cc1ccc(NC(=O)NCc2ccc3c(c2)CN([C@@H]2CCC(=O)NC2=O)C3=O)cc1Cl. The molecule has 0 bridgehead atoms. The molecule has 9 heteroatoms. The van der Waals surface area contributed by atoms with Crippen molar-refractivity contribution in [2.75, 3.05) is 5.32 Å². The molecule has 160 valence electrons. The molecular weight excluding hydrogens is 420 g/mol. The van der Waals surface area contributed by atoms with Gasteiger partial charge in [-0.15, -0.1) is 0 Å². The minimum atomic E-state index is -0.647. The number of nitrogens with zero attached hydrogens (tertiary/aromatic N) is 1. The first-order valence-electron chi connectivity index (χ1n) is 9.89. The summed E-state index contributed by atoms with van der Waals surface area (Å²) in [6.45, 7) is 2.44. The summed E-state index contributed by atoms with van der Waals surface area (Å²) in [5, 5.41) is 8.37. The fourth-order valence-corrected chi connectivity index (χ4v) is 3.95. The molecule has 0 unspecified atom stereocenters. The van der Waals surface area contributed by atoms with Gasteiger partial charge in [0.05, 0.1) is 0 Å². The van der Waals surface area contributed by atoms with Crippen LogP contribution in [0, 0.1) is 6.92 Å². The van der Waals surface area contributed by atoms with Crippen molar-refractivity contribution < 1.29 is 19.2 Å². The predicted octanol–water partition coefficient (Wildman–Crippen LogP) is 2.73. The highest BCUT2D eigenvalue weighted by Gasteiger charge is 2.39. The lowest BCUT2D eigenvalue weighted by Crippen LogP contribution is -2.52. The lowest BCUT2D eigenvalue weighted by atomic mass is 10.0. The van der Waals surface area contributed by atoms with Crippen LogP contribution in [0.3, 0.4) is 0 Å². The molecule has 5 amide bonds. The molecule has 31 heavy (non-hydrogen) atoms. The van der Waals surface area contributed by atoms with Gasteiger partial charge in [-0.25, -0.2) is 4.79 Å². The summed E-state index contributed by atoms with van der Waals surface area (Å²) in [7, 11) is 0. The molecule has 1 atom stereocenters. The Bertz CT molecular complexity index is 1100. The average molecular weight is 441 g/mol. The number of imide groups is 1. The molecule has 4 rings (SSSR count). The van der Waals surface area contributed by atoms with Crippen LogP contribution in [0.4, 0.5) is 10.5 Å². The van der Waals surface area contributed by atoms with Gasteiger partial charge in [0.1, 0.15) is 6.04 Å². The van der Waals surface area contributed by atoms with Gasteiger partial charge in [-0.3, -0.25) is 19.7 Å². The van der Waals surface area contributed by atoms with Crippen molar-refractivity contribution >= 4 is 41.0 Å². The first-order chi connectivity index (χ1) is 14.8. The molecular formula is C22H21ClN4O4. The number of amides is 5. The Morgan fingerprint density at radius 2 is 2.00 bits per heavy atom. The molecule has 2 heterocycles. The van der Waals surface area contributed by atoms with Crippen LogP contribution in [-0.4, -0.2) is 34.7 Å². The minimum Gasteiger partial charge on any atom is -0.334 e. The van der Waals surface area contributed by atoms with Crippen LogP contribution in [0.5, 0.6) is 0 Å².